The number of pyridine rings is 1. The van der Waals surface area contributed by atoms with E-state index in [1.807, 2.05) is 57.4 Å². The number of benzene rings is 1. The van der Waals surface area contributed by atoms with Crippen molar-refractivity contribution in [2.75, 3.05) is 7.11 Å². The molecule has 0 atom stereocenters. The molecule has 0 saturated carbocycles. The van der Waals surface area contributed by atoms with E-state index >= 15 is 0 Å². The molecule has 0 N–H and O–H groups in total. The lowest BCUT2D eigenvalue weighted by molar-refractivity contribution is 0.276. The van der Waals surface area contributed by atoms with Crippen molar-refractivity contribution in [2.45, 2.75) is 20.5 Å². The Balaban J connectivity index is 1.71. The summed E-state index contributed by atoms with van der Waals surface area (Å²) in [6.45, 7) is 4.22. The van der Waals surface area contributed by atoms with Crippen LogP contribution in [0, 0.1) is 13.8 Å². The summed E-state index contributed by atoms with van der Waals surface area (Å²) >= 11 is 0. The molecular formula is C21H22N6O2. The fourth-order valence-electron chi connectivity index (χ4n) is 2.98. The molecular weight excluding hydrogens is 368 g/mol. The summed E-state index contributed by atoms with van der Waals surface area (Å²) in [5.41, 5.74) is 2.96. The Morgan fingerprint density at radius 1 is 1.07 bits per heavy atom. The molecule has 29 heavy (non-hydrogen) atoms. The number of aromatic nitrogens is 6. The van der Waals surface area contributed by atoms with E-state index in [1.54, 1.807) is 22.7 Å². The number of rotatable bonds is 6. The van der Waals surface area contributed by atoms with Crippen molar-refractivity contribution in [2.24, 2.45) is 7.05 Å². The predicted octanol–water partition coefficient (Wildman–Crippen LogP) is 3.27. The maximum absolute atomic E-state index is 5.91. The molecule has 0 amide bonds. The van der Waals surface area contributed by atoms with Crippen molar-refractivity contribution in [1.82, 2.24) is 29.5 Å². The molecule has 4 aromatic rings. The third kappa shape index (κ3) is 3.69. The molecule has 0 saturated heterocycles. The number of hydrogen-bond acceptors (Lipinski definition) is 6. The van der Waals surface area contributed by atoms with Gasteiger partial charge in [0.05, 0.1) is 13.3 Å². The van der Waals surface area contributed by atoms with E-state index in [2.05, 4.69) is 21.2 Å². The van der Waals surface area contributed by atoms with E-state index in [-0.39, 0.29) is 6.61 Å². The van der Waals surface area contributed by atoms with E-state index in [0.717, 1.165) is 22.6 Å². The molecule has 0 bridgehead atoms. The topological polar surface area (TPSA) is 79.9 Å². The predicted molar refractivity (Wildman–Crippen MR) is 108 cm³/mol. The first-order valence-electron chi connectivity index (χ1n) is 9.20. The summed E-state index contributed by atoms with van der Waals surface area (Å²) in [6, 6.07) is 11.4. The molecule has 3 heterocycles. The summed E-state index contributed by atoms with van der Waals surface area (Å²) in [5.74, 6) is 3.33. The zero-order valence-electron chi connectivity index (χ0n) is 16.8. The van der Waals surface area contributed by atoms with E-state index in [9.17, 15) is 0 Å². The molecule has 8 heteroatoms. The average molecular weight is 390 g/mol. The Kier molecular flexibility index (Phi) is 4.99. The van der Waals surface area contributed by atoms with Crippen molar-refractivity contribution >= 4 is 0 Å². The van der Waals surface area contributed by atoms with Crippen LogP contribution in [-0.2, 0) is 13.7 Å². The monoisotopic (exact) mass is 390 g/mol. The van der Waals surface area contributed by atoms with Crippen LogP contribution < -0.4 is 9.47 Å². The lowest BCUT2D eigenvalue weighted by Crippen LogP contribution is -2.07. The van der Waals surface area contributed by atoms with Crippen LogP contribution in [0.15, 0.2) is 48.8 Å². The fourth-order valence-corrected chi connectivity index (χ4v) is 2.98. The third-order valence-electron chi connectivity index (χ3n) is 4.69. The van der Waals surface area contributed by atoms with Crippen LogP contribution in [0.25, 0.3) is 17.2 Å². The van der Waals surface area contributed by atoms with Gasteiger partial charge in [0.15, 0.2) is 29.0 Å². The molecule has 0 aliphatic heterocycles. The van der Waals surface area contributed by atoms with E-state index in [0.29, 0.717) is 23.1 Å². The van der Waals surface area contributed by atoms with Gasteiger partial charge in [-0.15, -0.1) is 5.10 Å². The Morgan fingerprint density at radius 3 is 2.55 bits per heavy atom. The summed E-state index contributed by atoms with van der Waals surface area (Å²) in [4.78, 5) is 9.20. The number of para-hydroxylation sites is 2. The minimum absolute atomic E-state index is 0.205. The van der Waals surface area contributed by atoms with Crippen molar-refractivity contribution in [3.63, 3.8) is 0 Å². The van der Waals surface area contributed by atoms with Crippen LogP contribution in [0.4, 0.5) is 0 Å². The standard InChI is InChI=1S/C21H22N6O2/c1-14-11-16(12-22-15(14)2)21-24-19(25-27(21)20-9-10-23-26(20)3)13-29-18-8-6-5-7-17(18)28-4/h5-12H,13H2,1-4H3. The van der Waals surface area contributed by atoms with Crippen LogP contribution in [-0.4, -0.2) is 36.6 Å². The largest absolute Gasteiger partial charge is 0.493 e. The number of methoxy groups -OCH3 is 1. The normalized spacial score (nSPS) is 10.9. The Hall–Kier alpha value is -3.68. The smallest absolute Gasteiger partial charge is 0.189 e. The number of ether oxygens (including phenoxy) is 2. The zero-order valence-corrected chi connectivity index (χ0v) is 16.8. The van der Waals surface area contributed by atoms with Gasteiger partial charge in [0.1, 0.15) is 6.61 Å². The number of nitrogens with zero attached hydrogens (tertiary/aromatic N) is 6. The van der Waals surface area contributed by atoms with Gasteiger partial charge < -0.3 is 9.47 Å². The van der Waals surface area contributed by atoms with Crippen molar-refractivity contribution in [1.29, 1.82) is 0 Å². The lowest BCUT2D eigenvalue weighted by Gasteiger charge is -2.08. The molecule has 148 valence electrons. The van der Waals surface area contributed by atoms with Crippen molar-refractivity contribution < 1.29 is 9.47 Å². The molecule has 4 rings (SSSR count). The Labute approximate surface area is 168 Å². The van der Waals surface area contributed by atoms with Gasteiger partial charge in [-0.2, -0.15) is 9.78 Å². The highest BCUT2D eigenvalue weighted by Gasteiger charge is 2.17. The summed E-state index contributed by atoms with van der Waals surface area (Å²) in [6.07, 6.45) is 3.54. The SMILES string of the molecule is COc1ccccc1OCc1nc(-c2cnc(C)c(C)c2)n(-c2ccnn2C)n1. The van der Waals surface area contributed by atoms with Gasteiger partial charge in [-0.25, -0.2) is 4.98 Å². The van der Waals surface area contributed by atoms with Gasteiger partial charge in [0.2, 0.25) is 0 Å². The first-order valence-corrected chi connectivity index (χ1v) is 9.20. The van der Waals surface area contributed by atoms with Gasteiger partial charge in [-0.05, 0) is 37.6 Å². The Bertz CT molecular complexity index is 1150. The number of aryl methyl sites for hydroxylation is 3. The molecule has 0 unspecified atom stereocenters. The van der Waals surface area contributed by atoms with Gasteiger partial charge in [-0.3, -0.25) is 9.67 Å². The maximum atomic E-state index is 5.91. The molecule has 0 aliphatic rings. The summed E-state index contributed by atoms with van der Waals surface area (Å²) in [7, 11) is 3.48. The molecule has 0 fully saturated rings. The summed E-state index contributed by atoms with van der Waals surface area (Å²) < 4.78 is 14.8. The first kappa shape index (κ1) is 18.7. The zero-order chi connectivity index (χ0) is 20.4. The fraction of sp³-hybridized carbons (Fsp3) is 0.238. The maximum Gasteiger partial charge on any atom is 0.189 e. The molecule has 8 nitrogen and oxygen atoms in total. The number of hydrogen-bond donors (Lipinski definition) is 0. The molecule has 0 aliphatic carbocycles. The third-order valence-corrected chi connectivity index (χ3v) is 4.69. The highest BCUT2D eigenvalue weighted by Crippen LogP contribution is 2.27. The van der Waals surface area contributed by atoms with E-state index in [4.69, 9.17) is 14.5 Å². The second-order valence-corrected chi connectivity index (χ2v) is 6.64. The van der Waals surface area contributed by atoms with Crippen LogP contribution in [0.1, 0.15) is 17.1 Å². The Morgan fingerprint density at radius 2 is 1.86 bits per heavy atom. The van der Waals surface area contributed by atoms with E-state index < -0.39 is 0 Å². The molecule has 1 aromatic carbocycles. The van der Waals surface area contributed by atoms with Crippen LogP contribution >= 0.6 is 0 Å². The molecule has 0 radical (unpaired) electrons. The lowest BCUT2D eigenvalue weighted by atomic mass is 10.1. The minimum atomic E-state index is 0.205. The minimum Gasteiger partial charge on any atom is -0.493 e. The van der Waals surface area contributed by atoms with Crippen LogP contribution in [0.2, 0.25) is 0 Å². The first-order chi connectivity index (χ1) is 14.1. The second kappa shape index (κ2) is 7.75. The molecule has 3 aromatic heterocycles. The second-order valence-electron chi connectivity index (χ2n) is 6.64. The van der Waals surface area contributed by atoms with Gasteiger partial charge in [-0.1, -0.05) is 12.1 Å². The van der Waals surface area contributed by atoms with Crippen molar-refractivity contribution in [3.05, 3.63) is 65.9 Å². The average Bonchev–Trinajstić information content (AvgIpc) is 3.34. The van der Waals surface area contributed by atoms with Gasteiger partial charge in [0, 0.05) is 30.6 Å². The van der Waals surface area contributed by atoms with Crippen LogP contribution in [0.3, 0.4) is 0 Å². The van der Waals surface area contributed by atoms with Gasteiger partial charge in [0.25, 0.3) is 0 Å². The van der Waals surface area contributed by atoms with Crippen molar-refractivity contribution in [3.8, 4) is 28.7 Å². The highest BCUT2D eigenvalue weighted by molar-refractivity contribution is 5.57. The highest BCUT2D eigenvalue weighted by atomic mass is 16.5. The summed E-state index contributed by atoms with van der Waals surface area (Å²) in [5, 5.41) is 8.91. The van der Waals surface area contributed by atoms with Crippen LogP contribution in [0.5, 0.6) is 11.5 Å². The quantitative estimate of drug-likeness (QED) is 0.503. The molecule has 0 spiro atoms. The van der Waals surface area contributed by atoms with Gasteiger partial charge >= 0.3 is 0 Å². The van der Waals surface area contributed by atoms with E-state index in [1.165, 1.54) is 0 Å².